The van der Waals surface area contributed by atoms with E-state index in [-0.39, 0.29) is 11.5 Å². The van der Waals surface area contributed by atoms with Gasteiger partial charge in [0, 0.05) is 22.6 Å². The molecule has 3 aliphatic heterocycles. The maximum atomic E-state index is 14.6. The van der Waals surface area contributed by atoms with Gasteiger partial charge in [0.1, 0.15) is 17.3 Å². The lowest BCUT2D eigenvalue weighted by molar-refractivity contribution is -0.122. The fraction of sp³-hybridized carbons (Fsp3) is 0.121. The molecule has 3 aliphatic rings. The molecule has 7 heteroatoms. The second kappa shape index (κ2) is 9.02. The highest BCUT2D eigenvalue weighted by Gasteiger charge is 2.70. The lowest BCUT2D eigenvalue weighted by atomic mass is 9.64. The summed E-state index contributed by atoms with van der Waals surface area (Å²) in [5.74, 6) is -2.75. The molecule has 2 amide bonds. The lowest BCUT2D eigenvalue weighted by Gasteiger charge is -2.37. The van der Waals surface area contributed by atoms with E-state index in [9.17, 15) is 18.8 Å². The number of Topliss-reactive ketones (excluding diaryl/α,β-unsaturated/α-hetero) is 1. The quantitative estimate of drug-likeness (QED) is 0.345. The Labute approximate surface area is 230 Å². The van der Waals surface area contributed by atoms with Crippen molar-refractivity contribution < 1.29 is 18.8 Å². The minimum Gasteiger partial charge on any atom is -0.350 e. The molecular weight excluding hydrogens is 505 g/mol. The van der Waals surface area contributed by atoms with Crippen molar-refractivity contribution in [2.75, 3.05) is 15.5 Å². The van der Waals surface area contributed by atoms with Gasteiger partial charge in [0.05, 0.1) is 12.0 Å². The average molecular weight is 530 g/mol. The van der Waals surface area contributed by atoms with Crippen LogP contribution in [0, 0.1) is 11.7 Å². The summed E-state index contributed by atoms with van der Waals surface area (Å²) in [5.41, 5.74) is 2.31. The van der Waals surface area contributed by atoms with Gasteiger partial charge in [-0.2, -0.15) is 0 Å². The zero-order chi connectivity index (χ0) is 27.4. The number of hydrogen-bond donors (Lipinski definition) is 2. The van der Waals surface area contributed by atoms with E-state index in [0.29, 0.717) is 16.9 Å². The zero-order valence-corrected chi connectivity index (χ0v) is 21.3. The first-order valence-corrected chi connectivity index (χ1v) is 13.1. The Morgan fingerprint density at radius 1 is 0.850 bits per heavy atom. The van der Waals surface area contributed by atoms with E-state index in [1.165, 1.54) is 24.3 Å². The lowest BCUT2D eigenvalue weighted by Crippen LogP contribution is -2.51. The molecule has 4 aromatic carbocycles. The van der Waals surface area contributed by atoms with Gasteiger partial charge < -0.3 is 15.5 Å². The summed E-state index contributed by atoms with van der Waals surface area (Å²) in [4.78, 5) is 45.0. The van der Waals surface area contributed by atoms with Gasteiger partial charge in [0.2, 0.25) is 11.8 Å². The van der Waals surface area contributed by atoms with Crippen LogP contribution in [0.25, 0.3) is 6.08 Å². The summed E-state index contributed by atoms with van der Waals surface area (Å²) >= 11 is 0. The van der Waals surface area contributed by atoms with Crippen LogP contribution in [-0.4, -0.2) is 29.7 Å². The number of amides is 2. The number of carbonyl (C=O) groups excluding carboxylic acids is 3. The first-order chi connectivity index (χ1) is 19.5. The summed E-state index contributed by atoms with van der Waals surface area (Å²) in [6, 6.07) is 27.6. The van der Waals surface area contributed by atoms with Gasteiger partial charge in [0.25, 0.3) is 0 Å². The van der Waals surface area contributed by atoms with Crippen LogP contribution in [0.5, 0.6) is 0 Å². The van der Waals surface area contributed by atoms with E-state index >= 15 is 0 Å². The maximum absolute atomic E-state index is 14.6. The van der Waals surface area contributed by atoms with Crippen molar-refractivity contribution >= 4 is 40.7 Å². The number of nitrogens with zero attached hydrogens (tertiary/aromatic N) is 1. The smallest absolute Gasteiger partial charge is 0.247 e. The molecule has 1 fully saturated rings. The number of rotatable bonds is 4. The molecule has 3 heterocycles. The number of para-hydroxylation sites is 3. The molecule has 1 spiro atoms. The van der Waals surface area contributed by atoms with Crippen molar-refractivity contribution in [1.29, 1.82) is 0 Å². The van der Waals surface area contributed by atoms with Crippen LogP contribution in [0.2, 0.25) is 0 Å². The van der Waals surface area contributed by atoms with Crippen molar-refractivity contribution in [3.8, 4) is 0 Å². The SMILES string of the molecule is O=C(Nc1ccccc1)[C@@H]1[C@@H](C(=O)c2ccc(F)cc2)[C@]2(C(=O)Nc3ccccc32)[C@H]2C=Cc3ccccc3N12. The number of carbonyl (C=O) groups is 3. The first-order valence-electron chi connectivity index (χ1n) is 13.1. The van der Waals surface area contributed by atoms with Gasteiger partial charge in [-0.1, -0.05) is 66.7 Å². The normalized spacial score (nSPS) is 23.8. The summed E-state index contributed by atoms with van der Waals surface area (Å²) in [5, 5.41) is 5.99. The fourth-order valence-corrected chi connectivity index (χ4v) is 6.65. The average Bonchev–Trinajstić information content (AvgIpc) is 3.46. The van der Waals surface area contributed by atoms with Gasteiger partial charge in [0.15, 0.2) is 5.78 Å². The third-order valence-electron chi connectivity index (χ3n) is 8.26. The van der Waals surface area contributed by atoms with Gasteiger partial charge in [-0.25, -0.2) is 4.39 Å². The number of anilines is 3. The molecule has 0 radical (unpaired) electrons. The third kappa shape index (κ3) is 3.37. The Morgan fingerprint density at radius 3 is 2.35 bits per heavy atom. The van der Waals surface area contributed by atoms with Crippen molar-refractivity contribution in [3.05, 3.63) is 132 Å². The van der Waals surface area contributed by atoms with E-state index in [2.05, 4.69) is 10.6 Å². The van der Waals surface area contributed by atoms with Crippen LogP contribution < -0.4 is 15.5 Å². The number of ketones is 1. The molecule has 6 nitrogen and oxygen atoms in total. The van der Waals surface area contributed by atoms with Crippen molar-refractivity contribution in [1.82, 2.24) is 0 Å². The second-order valence-corrected chi connectivity index (χ2v) is 10.3. The van der Waals surface area contributed by atoms with E-state index in [4.69, 9.17) is 0 Å². The molecule has 4 atom stereocenters. The van der Waals surface area contributed by atoms with Gasteiger partial charge in [-0.3, -0.25) is 14.4 Å². The minimum absolute atomic E-state index is 0.234. The highest BCUT2D eigenvalue weighted by molar-refractivity contribution is 6.17. The van der Waals surface area contributed by atoms with Gasteiger partial charge in [-0.15, -0.1) is 0 Å². The van der Waals surface area contributed by atoms with Crippen LogP contribution in [0.15, 0.2) is 109 Å². The van der Waals surface area contributed by atoms with Crippen LogP contribution in [0.1, 0.15) is 21.5 Å². The van der Waals surface area contributed by atoms with Crippen LogP contribution in [-0.2, 0) is 15.0 Å². The van der Waals surface area contributed by atoms with Gasteiger partial charge >= 0.3 is 0 Å². The zero-order valence-electron chi connectivity index (χ0n) is 21.3. The molecule has 2 N–H and O–H groups in total. The van der Waals surface area contributed by atoms with E-state index < -0.39 is 40.9 Å². The number of halogens is 1. The number of nitrogens with one attached hydrogen (secondary N) is 2. The summed E-state index contributed by atoms with van der Waals surface area (Å²) in [7, 11) is 0. The Kier molecular flexibility index (Phi) is 5.42. The summed E-state index contributed by atoms with van der Waals surface area (Å²) < 4.78 is 13.9. The van der Waals surface area contributed by atoms with Crippen molar-refractivity contribution in [2.45, 2.75) is 17.5 Å². The summed E-state index contributed by atoms with van der Waals surface area (Å²) in [6.07, 6.45) is 3.87. The molecule has 7 rings (SSSR count). The summed E-state index contributed by atoms with van der Waals surface area (Å²) in [6.45, 7) is 0. The first kappa shape index (κ1) is 24.0. The number of benzene rings is 4. The monoisotopic (exact) mass is 529 g/mol. The van der Waals surface area contributed by atoms with Crippen molar-refractivity contribution in [3.63, 3.8) is 0 Å². The molecule has 0 bridgehead atoms. The topological polar surface area (TPSA) is 78.5 Å². The van der Waals surface area contributed by atoms with Gasteiger partial charge in [-0.05, 0) is 59.7 Å². The standard InChI is InChI=1S/C33H24FN3O3/c34-22-17-14-21(15-18-22)30(38)28-29(31(39)35-23-9-2-1-3-10-23)37-26-13-7-4-8-20(26)16-19-27(37)33(28)24-11-5-6-12-25(24)36-32(33)40/h1-19,27-29H,(H,35,39)(H,36,40)/t27-,28+,29+,33-/m1/s1. The molecule has 0 aliphatic carbocycles. The molecule has 0 aromatic heterocycles. The molecule has 4 aromatic rings. The van der Waals surface area contributed by atoms with E-state index in [0.717, 1.165) is 11.3 Å². The Bertz CT molecular complexity index is 1700. The minimum atomic E-state index is -1.41. The van der Waals surface area contributed by atoms with Crippen molar-refractivity contribution in [2.24, 2.45) is 5.92 Å². The Hall–Kier alpha value is -5.04. The molecule has 0 saturated carbocycles. The predicted molar refractivity (Wildman–Crippen MR) is 152 cm³/mol. The third-order valence-corrected chi connectivity index (χ3v) is 8.26. The van der Waals surface area contributed by atoms with Crippen LogP contribution in [0.3, 0.4) is 0 Å². The molecule has 40 heavy (non-hydrogen) atoms. The molecule has 0 unspecified atom stereocenters. The van der Waals surface area contributed by atoms with Crippen LogP contribution in [0.4, 0.5) is 21.5 Å². The number of fused-ring (bicyclic) bond motifs is 6. The largest absolute Gasteiger partial charge is 0.350 e. The maximum Gasteiger partial charge on any atom is 0.247 e. The Balaban J connectivity index is 1.49. The fourth-order valence-electron chi connectivity index (χ4n) is 6.65. The van der Waals surface area contributed by atoms with E-state index in [1.54, 1.807) is 12.1 Å². The van der Waals surface area contributed by atoms with Crippen LogP contribution >= 0.6 is 0 Å². The predicted octanol–water partition coefficient (Wildman–Crippen LogP) is 5.44. The number of hydrogen-bond acceptors (Lipinski definition) is 4. The highest BCUT2D eigenvalue weighted by atomic mass is 19.1. The second-order valence-electron chi connectivity index (χ2n) is 10.3. The molecule has 1 saturated heterocycles. The highest BCUT2D eigenvalue weighted by Crippen LogP contribution is 2.57. The Morgan fingerprint density at radius 2 is 1.55 bits per heavy atom. The molecular formula is C33H24FN3O3. The van der Waals surface area contributed by atoms with E-state index in [1.807, 2.05) is 83.8 Å². The molecule has 196 valence electrons.